The van der Waals surface area contributed by atoms with Crippen LogP contribution >= 0.6 is 11.6 Å². The van der Waals surface area contributed by atoms with E-state index in [0.29, 0.717) is 5.56 Å². The molecule has 1 N–H and O–H groups in total. The molecule has 2 rings (SSSR count). The van der Waals surface area contributed by atoms with Gasteiger partial charge in [-0.3, -0.25) is 14.9 Å². The SMILES string of the molecule is Cc1cc(C(=O)OC(C)C(=O)Nc2ccc([N+](=O)[O-])cc2Cl)c(C)n1C(C)C. The molecule has 8 nitrogen and oxygen atoms in total. The summed E-state index contributed by atoms with van der Waals surface area (Å²) in [7, 11) is 0. The maximum absolute atomic E-state index is 12.5. The zero-order valence-electron chi connectivity index (χ0n) is 16.3. The van der Waals surface area contributed by atoms with Crippen molar-refractivity contribution >= 4 is 34.9 Å². The fourth-order valence-electron chi connectivity index (χ4n) is 3.01. The number of esters is 1. The number of amides is 1. The minimum absolute atomic E-state index is 0.0153. The predicted octanol–water partition coefficient (Wildman–Crippen LogP) is 4.43. The van der Waals surface area contributed by atoms with Crippen molar-refractivity contribution in [3.05, 3.63) is 56.4 Å². The van der Waals surface area contributed by atoms with Crippen molar-refractivity contribution in [3.8, 4) is 0 Å². The third-order valence-corrected chi connectivity index (χ3v) is 4.61. The van der Waals surface area contributed by atoms with Crippen LogP contribution in [0.3, 0.4) is 0 Å². The van der Waals surface area contributed by atoms with Crippen LogP contribution in [0, 0.1) is 24.0 Å². The molecule has 0 aliphatic heterocycles. The maximum atomic E-state index is 12.5. The van der Waals surface area contributed by atoms with Gasteiger partial charge in [0.2, 0.25) is 0 Å². The molecule has 1 aromatic heterocycles. The van der Waals surface area contributed by atoms with Crippen LogP contribution in [0.2, 0.25) is 5.02 Å². The molecule has 0 bridgehead atoms. The number of nitro benzene ring substituents is 1. The zero-order valence-corrected chi connectivity index (χ0v) is 17.0. The number of nitrogens with zero attached hydrogens (tertiary/aromatic N) is 2. The number of halogens is 1. The summed E-state index contributed by atoms with van der Waals surface area (Å²) in [5.41, 5.74) is 2.10. The van der Waals surface area contributed by atoms with Gasteiger partial charge in [-0.2, -0.15) is 0 Å². The number of hydrogen-bond donors (Lipinski definition) is 1. The Hall–Kier alpha value is -2.87. The van der Waals surface area contributed by atoms with E-state index in [4.69, 9.17) is 16.3 Å². The summed E-state index contributed by atoms with van der Waals surface area (Å²) < 4.78 is 7.30. The Bertz CT molecular complexity index is 936. The summed E-state index contributed by atoms with van der Waals surface area (Å²) >= 11 is 5.96. The molecular formula is C19H22ClN3O5. The molecule has 9 heteroatoms. The highest BCUT2D eigenvalue weighted by Gasteiger charge is 2.24. The highest BCUT2D eigenvalue weighted by atomic mass is 35.5. The number of hydrogen-bond acceptors (Lipinski definition) is 5. The largest absolute Gasteiger partial charge is 0.449 e. The fraction of sp³-hybridized carbons (Fsp3) is 0.368. The van der Waals surface area contributed by atoms with Gasteiger partial charge in [-0.05, 0) is 46.8 Å². The molecule has 2 aromatic rings. The highest BCUT2D eigenvalue weighted by molar-refractivity contribution is 6.34. The predicted molar refractivity (Wildman–Crippen MR) is 106 cm³/mol. The Morgan fingerprint density at radius 3 is 2.36 bits per heavy atom. The van der Waals surface area contributed by atoms with Crippen molar-refractivity contribution < 1.29 is 19.2 Å². The van der Waals surface area contributed by atoms with Gasteiger partial charge in [0.25, 0.3) is 11.6 Å². The Balaban J connectivity index is 2.09. The van der Waals surface area contributed by atoms with Crippen LogP contribution in [-0.2, 0) is 9.53 Å². The molecule has 0 radical (unpaired) electrons. The fourth-order valence-corrected chi connectivity index (χ4v) is 3.23. The van der Waals surface area contributed by atoms with E-state index >= 15 is 0 Å². The van der Waals surface area contributed by atoms with Gasteiger partial charge in [0, 0.05) is 29.6 Å². The van der Waals surface area contributed by atoms with Gasteiger partial charge in [-0.15, -0.1) is 0 Å². The molecular weight excluding hydrogens is 386 g/mol. The number of aromatic nitrogens is 1. The van der Waals surface area contributed by atoms with Crippen LogP contribution in [0.15, 0.2) is 24.3 Å². The van der Waals surface area contributed by atoms with Crippen molar-refractivity contribution in [1.82, 2.24) is 4.57 Å². The maximum Gasteiger partial charge on any atom is 0.340 e. The summed E-state index contributed by atoms with van der Waals surface area (Å²) in [6, 6.07) is 5.60. The van der Waals surface area contributed by atoms with Gasteiger partial charge >= 0.3 is 5.97 Å². The highest BCUT2D eigenvalue weighted by Crippen LogP contribution is 2.27. The van der Waals surface area contributed by atoms with Crippen LogP contribution in [-0.4, -0.2) is 27.5 Å². The third kappa shape index (κ3) is 4.51. The number of anilines is 1. The lowest BCUT2D eigenvalue weighted by Crippen LogP contribution is -2.30. The van der Waals surface area contributed by atoms with Gasteiger partial charge in [0.1, 0.15) is 0 Å². The lowest BCUT2D eigenvalue weighted by molar-refractivity contribution is -0.384. The Morgan fingerprint density at radius 1 is 1.21 bits per heavy atom. The van der Waals surface area contributed by atoms with Crippen molar-refractivity contribution in [2.45, 2.75) is 46.8 Å². The first-order valence-corrected chi connectivity index (χ1v) is 9.05. The molecule has 1 amide bonds. The van der Waals surface area contributed by atoms with Crippen LogP contribution in [0.25, 0.3) is 0 Å². The van der Waals surface area contributed by atoms with Crippen molar-refractivity contribution in [1.29, 1.82) is 0 Å². The molecule has 28 heavy (non-hydrogen) atoms. The zero-order chi connectivity index (χ0) is 21.2. The summed E-state index contributed by atoms with van der Waals surface area (Å²) in [5, 5.41) is 13.3. The number of aryl methyl sites for hydroxylation is 1. The number of nitrogens with one attached hydrogen (secondary N) is 1. The monoisotopic (exact) mass is 407 g/mol. The summed E-state index contributed by atoms with van der Waals surface area (Å²) in [5.74, 6) is -1.20. The molecule has 1 heterocycles. The summed E-state index contributed by atoms with van der Waals surface area (Å²) in [6.07, 6.45) is -1.08. The lowest BCUT2D eigenvalue weighted by Gasteiger charge is -2.15. The number of carbonyl (C=O) groups excluding carboxylic acids is 2. The van der Waals surface area contributed by atoms with Crippen molar-refractivity contribution in [2.75, 3.05) is 5.32 Å². The second kappa shape index (κ2) is 8.43. The number of benzene rings is 1. The van der Waals surface area contributed by atoms with Gasteiger partial charge in [-0.1, -0.05) is 11.6 Å². The normalized spacial score (nSPS) is 12.0. The smallest absolute Gasteiger partial charge is 0.340 e. The molecule has 0 aliphatic rings. The number of non-ortho nitro benzene ring substituents is 1. The van der Waals surface area contributed by atoms with E-state index in [2.05, 4.69) is 5.32 Å². The molecule has 0 aliphatic carbocycles. The van der Waals surface area contributed by atoms with Crippen molar-refractivity contribution in [2.24, 2.45) is 0 Å². The quantitative estimate of drug-likeness (QED) is 0.433. The topological polar surface area (TPSA) is 103 Å². The van der Waals surface area contributed by atoms with E-state index < -0.39 is 22.9 Å². The molecule has 0 saturated heterocycles. The first kappa shape index (κ1) is 21.4. The van der Waals surface area contributed by atoms with Gasteiger partial charge < -0.3 is 14.6 Å². The standard InChI is InChI=1S/C19H22ClN3O5/c1-10(2)22-11(3)8-15(12(22)4)19(25)28-13(5)18(24)21-17-7-6-14(23(26)27)9-16(17)20/h6-10,13H,1-5H3,(H,21,24). The average Bonchev–Trinajstić information content (AvgIpc) is 2.90. The summed E-state index contributed by atoms with van der Waals surface area (Å²) in [6.45, 7) is 9.19. The van der Waals surface area contributed by atoms with E-state index in [1.165, 1.54) is 19.1 Å². The van der Waals surface area contributed by atoms with Crippen LogP contribution in [0.4, 0.5) is 11.4 Å². The van der Waals surface area contributed by atoms with E-state index in [9.17, 15) is 19.7 Å². The number of rotatable bonds is 6. The first-order valence-electron chi connectivity index (χ1n) is 8.67. The molecule has 150 valence electrons. The van der Waals surface area contributed by atoms with E-state index in [0.717, 1.165) is 17.5 Å². The number of ether oxygens (including phenoxy) is 1. The molecule has 0 spiro atoms. The van der Waals surface area contributed by atoms with Gasteiger partial charge in [0.15, 0.2) is 6.10 Å². The Labute approximate surface area is 167 Å². The Kier molecular flexibility index (Phi) is 6.45. The minimum atomic E-state index is -1.08. The number of nitro groups is 1. The molecule has 0 fully saturated rings. The number of carbonyl (C=O) groups is 2. The van der Waals surface area contributed by atoms with Crippen LogP contribution < -0.4 is 5.32 Å². The minimum Gasteiger partial charge on any atom is -0.449 e. The van der Waals surface area contributed by atoms with E-state index in [1.54, 1.807) is 6.07 Å². The van der Waals surface area contributed by atoms with Crippen molar-refractivity contribution in [3.63, 3.8) is 0 Å². The van der Waals surface area contributed by atoms with Gasteiger partial charge in [-0.25, -0.2) is 4.79 Å². The Morgan fingerprint density at radius 2 is 1.86 bits per heavy atom. The molecule has 1 atom stereocenters. The van der Waals surface area contributed by atoms with Crippen LogP contribution in [0.1, 0.15) is 48.6 Å². The van der Waals surface area contributed by atoms with Gasteiger partial charge in [0.05, 0.1) is 21.2 Å². The lowest BCUT2D eigenvalue weighted by atomic mass is 10.2. The third-order valence-electron chi connectivity index (χ3n) is 4.30. The summed E-state index contributed by atoms with van der Waals surface area (Å²) in [4.78, 5) is 35.0. The average molecular weight is 408 g/mol. The second-order valence-corrected chi connectivity index (χ2v) is 7.11. The van der Waals surface area contributed by atoms with Crippen LogP contribution in [0.5, 0.6) is 0 Å². The molecule has 1 aromatic carbocycles. The second-order valence-electron chi connectivity index (χ2n) is 6.71. The molecule has 1 unspecified atom stereocenters. The van der Waals surface area contributed by atoms with E-state index in [1.807, 2.05) is 32.3 Å². The first-order chi connectivity index (χ1) is 13.0. The van der Waals surface area contributed by atoms with E-state index in [-0.39, 0.29) is 22.4 Å². The molecule has 0 saturated carbocycles.